The van der Waals surface area contributed by atoms with E-state index >= 15 is 0 Å². The molecule has 0 unspecified atom stereocenters. The second-order valence-electron chi connectivity index (χ2n) is 4.00. The van der Waals surface area contributed by atoms with Crippen LogP contribution < -0.4 is 4.74 Å². The van der Waals surface area contributed by atoms with Crippen LogP contribution in [0.5, 0.6) is 5.75 Å². The molecule has 0 saturated heterocycles. The van der Waals surface area contributed by atoms with Crippen molar-refractivity contribution in [3.63, 3.8) is 0 Å². The van der Waals surface area contributed by atoms with E-state index in [0.29, 0.717) is 0 Å². The van der Waals surface area contributed by atoms with Gasteiger partial charge in [-0.1, -0.05) is 30.3 Å². The molecule has 0 aliphatic carbocycles. The average molecular weight is 278 g/mol. The number of carbonyl (C=O) groups is 1. The number of esters is 1. The first-order valence-corrected chi connectivity index (χ1v) is 5.86. The highest BCUT2D eigenvalue weighted by Crippen LogP contribution is 2.24. The van der Waals surface area contributed by atoms with Crippen molar-refractivity contribution in [1.29, 1.82) is 0 Å². The molecular weight excluding hydrogens is 266 g/mol. The Hall–Kier alpha value is -2.43. The smallest absolute Gasteiger partial charge is 0.344 e. The number of halogens is 2. The van der Waals surface area contributed by atoms with E-state index in [1.165, 1.54) is 0 Å². The Morgan fingerprint density at radius 3 is 2.45 bits per heavy atom. The monoisotopic (exact) mass is 278 g/mol. The fourth-order valence-electron chi connectivity index (χ4n) is 1.67. The third kappa shape index (κ3) is 2.93. The second kappa shape index (κ2) is 6.14. The third-order valence-electron chi connectivity index (χ3n) is 2.68. The first-order chi connectivity index (χ1) is 9.63. The SMILES string of the molecule is COC(=O)c1c(F)ccc(OCc2ccccc2)c1F. The fourth-order valence-corrected chi connectivity index (χ4v) is 1.67. The molecule has 104 valence electrons. The summed E-state index contributed by atoms with van der Waals surface area (Å²) in [6.45, 7) is 0.115. The van der Waals surface area contributed by atoms with E-state index < -0.39 is 23.2 Å². The quantitative estimate of drug-likeness (QED) is 0.805. The van der Waals surface area contributed by atoms with Crippen LogP contribution in [0.1, 0.15) is 15.9 Å². The second-order valence-corrected chi connectivity index (χ2v) is 4.00. The van der Waals surface area contributed by atoms with Crippen LogP contribution >= 0.6 is 0 Å². The van der Waals surface area contributed by atoms with Crippen molar-refractivity contribution < 1.29 is 23.0 Å². The summed E-state index contributed by atoms with van der Waals surface area (Å²) in [7, 11) is 1.05. The summed E-state index contributed by atoms with van der Waals surface area (Å²) < 4.78 is 37.0. The van der Waals surface area contributed by atoms with E-state index in [1.807, 2.05) is 30.3 Å². The number of ether oxygens (including phenoxy) is 2. The Labute approximate surface area is 114 Å². The van der Waals surface area contributed by atoms with Gasteiger partial charge in [0, 0.05) is 0 Å². The van der Waals surface area contributed by atoms with Gasteiger partial charge in [0.15, 0.2) is 11.6 Å². The van der Waals surface area contributed by atoms with Crippen molar-refractivity contribution in [2.24, 2.45) is 0 Å². The minimum absolute atomic E-state index is 0.115. The predicted molar refractivity (Wildman–Crippen MR) is 68.5 cm³/mol. The third-order valence-corrected chi connectivity index (χ3v) is 2.68. The highest BCUT2D eigenvalue weighted by molar-refractivity contribution is 5.90. The van der Waals surface area contributed by atoms with E-state index in [1.54, 1.807) is 0 Å². The number of benzene rings is 2. The Bertz CT molecular complexity index is 612. The summed E-state index contributed by atoms with van der Waals surface area (Å²) in [5.41, 5.74) is 0.0777. The van der Waals surface area contributed by atoms with E-state index in [9.17, 15) is 13.6 Å². The molecule has 0 aromatic heterocycles. The van der Waals surface area contributed by atoms with Crippen LogP contribution in [0, 0.1) is 11.6 Å². The number of methoxy groups -OCH3 is 1. The van der Waals surface area contributed by atoms with Crippen molar-refractivity contribution >= 4 is 5.97 Å². The zero-order chi connectivity index (χ0) is 14.5. The van der Waals surface area contributed by atoms with E-state index in [0.717, 1.165) is 24.8 Å². The summed E-state index contributed by atoms with van der Waals surface area (Å²) >= 11 is 0. The summed E-state index contributed by atoms with van der Waals surface area (Å²) in [6, 6.07) is 11.2. The predicted octanol–water partition coefficient (Wildman–Crippen LogP) is 3.33. The van der Waals surface area contributed by atoms with Crippen LogP contribution in [0.15, 0.2) is 42.5 Å². The van der Waals surface area contributed by atoms with Crippen LogP contribution in [0.2, 0.25) is 0 Å². The Kier molecular flexibility index (Phi) is 4.30. The summed E-state index contributed by atoms with van der Waals surface area (Å²) in [5, 5.41) is 0. The zero-order valence-corrected chi connectivity index (χ0v) is 10.7. The molecule has 20 heavy (non-hydrogen) atoms. The van der Waals surface area contributed by atoms with Crippen molar-refractivity contribution in [2.75, 3.05) is 7.11 Å². The average Bonchev–Trinajstić information content (AvgIpc) is 2.47. The maximum atomic E-state index is 14.0. The maximum Gasteiger partial charge on any atom is 0.344 e. The van der Waals surface area contributed by atoms with Crippen LogP contribution in [-0.4, -0.2) is 13.1 Å². The van der Waals surface area contributed by atoms with Crippen LogP contribution in [0.4, 0.5) is 8.78 Å². The van der Waals surface area contributed by atoms with Crippen molar-refractivity contribution in [2.45, 2.75) is 6.61 Å². The maximum absolute atomic E-state index is 14.0. The first-order valence-electron chi connectivity index (χ1n) is 5.86. The van der Waals surface area contributed by atoms with Gasteiger partial charge in [0.1, 0.15) is 18.0 Å². The molecule has 2 rings (SSSR count). The minimum atomic E-state index is -1.08. The molecule has 0 atom stereocenters. The van der Waals surface area contributed by atoms with Gasteiger partial charge in [-0.05, 0) is 17.7 Å². The molecule has 0 aliphatic rings. The number of rotatable bonds is 4. The highest BCUT2D eigenvalue weighted by Gasteiger charge is 2.21. The normalized spacial score (nSPS) is 10.2. The summed E-state index contributed by atoms with van der Waals surface area (Å²) in [4.78, 5) is 11.3. The molecule has 0 bridgehead atoms. The number of hydrogen-bond donors (Lipinski definition) is 0. The largest absolute Gasteiger partial charge is 0.486 e. The van der Waals surface area contributed by atoms with Gasteiger partial charge in [0.05, 0.1) is 7.11 Å². The van der Waals surface area contributed by atoms with Gasteiger partial charge < -0.3 is 9.47 Å². The molecule has 0 amide bonds. The lowest BCUT2D eigenvalue weighted by atomic mass is 10.2. The summed E-state index contributed by atoms with van der Waals surface area (Å²) in [6.07, 6.45) is 0. The number of hydrogen-bond acceptors (Lipinski definition) is 3. The Morgan fingerprint density at radius 2 is 1.80 bits per heavy atom. The molecule has 2 aromatic carbocycles. The fraction of sp³-hybridized carbons (Fsp3) is 0.133. The highest BCUT2D eigenvalue weighted by atomic mass is 19.1. The minimum Gasteiger partial charge on any atom is -0.486 e. The van der Waals surface area contributed by atoms with Gasteiger partial charge in [-0.15, -0.1) is 0 Å². The van der Waals surface area contributed by atoms with Crippen molar-refractivity contribution in [3.8, 4) is 5.75 Å². The zero-order valence-electron chi connectivity index (χ0n) is 10.7. The molecule has 0 spiro atoms. The Morgan fingerprint density at radius 1 is 1.10 bits per heavy atom. The first kappa shape index (κ1) is 14.0. The number of carbonyl (C=O) groups excluding carboxylic acids is 1. The van der Waals surface area contributed by atoms with Gasteiger partial charge in [-0.25, -0.2) is 13.6 Å². The van der Waals surface area contributed by atoms with Gasteiger partial charge in [-0.2, -0.15) is 0 Å². The van der Waals surface area contributed by atoms with Crippen LogP contribution in [0.25, 0.3) is 0 Å². The van der Waals surface area contributed by atoms with E-state index in [-0.39, 0.29) is 12.4 Å². The van der Waals surface area contributed by atoms with Gasteiger partial charge >= 0.3 is 5.97 Å². The molecule has 2 aromatic rings. The molecule has 0 fully saturated rings. The molecular formula is C15H12F2O3. The molecule has 0 aliphatic heterocycles. The van der Waals surface area contributed by atoms with Crippen LogP contribution in [-0.2, 0) is 11.3 Å². The molecule has 3 nitrogen and oxygen atoms in total. The van der Waals surface area contributed by atoms with Crippen molar-refractivity contribution in [3.05, 3.63) is 65.2 Å². The Balaban J connectivity index is 2.23. The molecule has 0 saturated carbocycles. The van der Waals surface area contributed by atoms with E-state index in [2.05, 4.69) is 4.74 Å². The summed E-state index contributed by atoms with van der Waals surface area (Å²) in [5.74, 6) is -3.32. The van der Waals surface area contributed by atoms with E-state index in [4.69, 9.17) is 4.74 Å². The molecule has 0 radical (unpaired) electrons. The standard InChI is InChI=1S/C15H12F2O3/c1-19-15(18)13-11(16)7-8-12(14(13)17)20-9-10-5-3-2-4-6-10/h2-8H,9H2,1H3. The van der Waals surface area contributed by atoms with Gasteiger partial charge in [0.25, 0.3) is 0 Å². The lowest BCUT2D eigenvalue weighted by molar-refractivity contribution is 0.0588. The van der Waals surface area contributed by atoms with Gasteiger partial charge in [0.2, 0.25) is 0 Å². The topological polar surface area (TPSA) is 35.5 Å². The van der Waals surface area contributed by atoms with Gasteiger partial charge in [-0.3, -0.25) is 0 Å². The lowest BCUT2D eigenvalue weighted by Gasteiger charge is -2.10. The molecule has 5 heteroatoms. The van der Waals surface area contributed by atoms with Crippen LogP contribution in [0.3, 0.4) is 0 Å². The van der Waals surface area contributed by atoms with Crippen molar-refractivity contribution in [1.82, 2.24) is 0 Å². The molecule has 0 N–H and O–H groups in total. The molecule has 0 heterocycles. The lowest BCUT2D eigenvalue weighted by Crippen LogP contribution is -2.09.